The van der Waals surface area contributed by atoms with E-state index in [9.17, 15) is 14.7 Å². The van der Waals surface area contributed by atoms with Gasteiger partial charge in [-0.15, -0.1) is 11.8 Å². The van der Waals surface area contributed by atoms with Crippen molar-refractivity contribution in [3.8, 4) is 11.5 Å². The highest BCUT2D eigenvalue weighted by Gasteiger charge is 2.38. The van der Waals surface area contributed by atoms with Gasteiger partial charge in [-0.2, -0.15) is 0 Å². The number of aliphatic hydroxyl groups excluding tert-OH is 1. The van der Waals surface area contributed by atoms with Crippen LogP contribution in [0.3, 0.4) is 0 Å². The standard InChI is InChI=1S/C40H39N3O6S/c1-26-37(25-50-36-21-17-31(18-22-36)41-27(2)45)48-39(49-38(26)29-13-11-28(24-44)12-14-29)30-7-6-8-33(23-30)43-40(46)42-32-15-19-35(20-16-32)47-34-9-4-3-5-10-34/h3-23,26,37-39,44H,24-25H2,1-2H3,(H,41,45)(H2,42,43,46)/t26-,37+,38+,39+/m0/s1. The van der Waals surface area contributed by atoms with Gasteiger partial charge >= 0.3 is 6.03 Å². The number of carbonyl (C=O) groups is 2. The molecule has 5 aromatic rings. The Morgan fingerprint density at radius 1 is 0.720 bits per heavy atom. The Balaban J connectivity index is 1.13. The summed E-state index contributed by atoms with van der Waals surface area (Å²) in [6, 6.07) is 39.2. The zero-order chi connectivity index (χ0) is 34.9. The Kier molecular flexibility index (Phi) is 11.5. The average molecular weight is 690 g/mol. The minimum Gasteiger partial charge on any atom is -0.457 e. The molecule has 256 valence electrons. The van der Waals surface area contributed by atoms with E-state index in [4.69, 9.17) is 14.2 Å². The summed E-state index contributed by atoms with van der Waals surface area (Å²) in [5.41, 5.74) is 4.54. The number of hydrogen-bond donors (Lipinski definition) is 4. The van der Waals surface area contributed by atoms with Crippen LogP contribution in [-0.4, -0.2) is 28.9 Å². The van der Waals surface area contributed by atoms with Crippen LogP contribution in [-0.2, 0) is 20.9 Å². The molecule has 1 aliphatic heterocycles. The van der Waals surface area contributed by atoms with Crippen LogP contribution in [0.15, 0.2) is 132 Å². The minimum atomic E-state index is -0.691. The third-order valence-electron chi connectivity index (χ3n) is 8.22. The highest BCUT2D eigenvalue weighted by atomic mass is 32.2. The lowest BCUT2D eigenvalue weighted by molar-refractivity contribution is -0.268. The molecule has 5 aromatic carbocycles. The number of para-hydroxylation sites is 1. The maximum Gasteiger partial charge on any atom is 0.323 e. The summed E-state index contributed by atoms with van der Waals surface area (Å²) in [6.07, 6.45) is -1.14. The summed E-state index contributed by atoms with van der Waals surface area (Å²) in [6.45, 7) is 3.57. The summed E-state index contributed by atoms with van der Waals surface area (Å²) in [7, 11) is 0. The third kappa shape index (κ3) is 9.31. The number of rotatable bonds is 11. The van der Waals surface area contributed by atoms with Crippen LogP contribution in [0.4, 0.5) is 21.9 Å². The van der Waals surface area contributed by atoms with Crippen LogP contribution in [0.1, 0.15) is 42.9 Å². The van der Waals surface area contributed by atoms with Gasteiger partial charge in [0.05, 0.1) is 18.8 Å². The maximum absolute atomic E-state index is 13.0. The van der Waals surface area contributed by atoms with Crippen molar-refractivity contribution >= 4 is 40.8 Å². The molecule has 0 bridgehead atoms. The van der Waals surface area contributed by atoms with Gasteiger partial charge < -0.3 is 35.3 Å². The summed E-state index contributed by atoms with van der Waals surface area (Å²) < 4.78 is 19.1. The largest absolute Gasteiger partial charge is 0.457 e. The van der Waals surface area contributed by atoms with Gasteiger partial charge in [-0.1, -0.05) is 61.5 Å². The number of carbonyl (C=O) groups excluding carboxylic acids is 2. The monoisotopic (exact) mass is 689 g/mol. The van der Waals surface area contributed by atoms with E-state index in [1.165, 1.54) is 6.92 Å². The summed E-state index contributed by atoms with van der Waals surface area (Å²) in [4.78, 5) is 25.4. The molecule has 50 heavy (non-hydrogen) atoms. The lowest BCUT2D eigenvalue weighted by atomic mass is 9.91. The Bertz CT molecular complexity index is 1870. The predicted octanol–water partition coefficient (Wildman–Crippen LogP) is 9.16. The van der Waals surface area contributed by atoms with Crippen molar-refractivity contribution in [1.82, 2.24) is 0 Å². The normalized spacial score (nSPS) is 18.5. The second-order valence-electron chi connectivity index (χ2n) is 12.0. The zero-order valence-corrected chi connectivity index (χ0v) is 28.6. The van der Waals surface area contributed by atoms with Crippen LogP contribution < -0.4 is 20.7 Å². The Labute approximate surface area is 296 Å². The number of aliphatic hydroxyl groups is 1. The van der Waals surface area contributed by atoms with Crippen molar-refractivity contribution in [3.05, 3.63) is 144 Å². The molecule has 1 aliphatic rings. The maximum atomic E-state index is 13.0. The molecule has 0 radical (unpaired) electrons. The predicted molar refractivity (Wildman–Crippen MR) is 196 cm³/mol. The van der Waals surface area contributed by atoms with Crippen LogP contribution in [0.5, 0.6) is 11.5 Å². The molecule has 0 spiro atoms. The molecule has 1 fully saturated rings. The molecule has 0 aliphatic carbocycles. The molecule has 3 amide bonds. The van der Waals surface area contributed by atoms with Crippen molar-refractivity contribution in [2.24, 2.45) is 5.92 Å². The first-order chi connectivity index (χ1) is 24.3. The van der Waals surface area contributed by atoms with Crippen molar-refractivity contribution in [3.63, 3.8) is 0 Å². The minimum absolute atomic E-state index is 0.00828. The van der Waals surface area contributed by atoms with Crippen molar-refractivity contribution < 1.29 is 28.9 Å². The quantitative estimate of drug-likeness (QED) is 0.102. The highest BCUT2D eigenvalue weighted by molar-refractivity contribution is 7.99. The lowest BCUT2D eigenvalue weighted by Crippen LogP contribution is -2.38. The number of urea groups is 1. The van der Waals surface area contributed by atoms with E-state index in [1.54, 1.807) is 36.0 Å². The smallest absolute Gasteiger partial charge is 0.323 e. The summed E-state index contributed by atoms with van der Waals surface area (Å²) >= 11 is 1.67. The number of amides is 3. The van der Waals surface area contributed by atoms with Gasteiger partial charge in [0.1, 0.15) is 11.5 Å². The van der Waals surface area contributed by atoms with Gasteiger partial charge in [-0.05, 0) is 83.9 Å². The van der Waals surface area contributed by atoms with E-state index in [-0.39, 0.29) is 30.6 Å². The molecule has 0 saturated carbocycles. The van der Waals surface area contributed by atoms with Crippen LogP contribution in [0.2, 0.25) is 0 Å². The molecule has 1 heterocycles. The SMILES string of the molecule is CC(=O)Nc1ccc(SC[C@H]2O[C@@H](c3cccc(NC(=O)Nc4ccc(Oc5ccccc5)cc4)c3)O[C@@H](c3ccc(CO)cc3)[C@H]2C)cc1. The molecular weight excluding hydrogens is 651 g/mol. The molecule has 10 heteroatoms. The van der Waals surface area contributed by atoms with Crippen molar-refractivity contribution in [2.75, 3.05) is 21.7 Å². The molecule has 0 aromatic heterocycles. The summed E-state index contributed by atoms with van der Waals surface area (Å²) in [5.74, 6) is 1.96. The van der Waals surface area contributed by atoms with E-state index >= 15 is 0 Å². The number of thioether (sulfide) groups is 1. The van der Waals surface area contributed by atoms with E-state index < -0.39 is 12.3 Å². The first kappa shape index (κ1) is 34.7. The second-order valence-corrected chi connectivity index (χ2v) is 13.1. The number of benzene rings is 5. The molecule has 1 saturated heterocycles. The van der Waals surface area contributed by atoms with E-state index in [2.05, 4.69) is 22.9 Å². The number of anilines is 3. The topological polar surface area (TPSA) is 118 Å². The highest BCUT2D eigenvalue weighted by Crippen LogP contribution is 2.43. The molecule has 0 unspecified atom stereocenters. The van der Waals surface area contributed by atoms with Crippen molar-refractivity contribution in [1.29, 1.82) is 0 Å². The average Bonchev–Trinajstić information content (AvgIpc) is 3.13. The Morgan fingerprint density at radius 3 is 2.08 bits per heavy atom. The number of hydrogen-bond acceptors (Lipinski definition) is 7. The first-order valence-corrected chi connectivity index (χ1v) is 17.3. The molecule has 4 atom stereocenters. The third-order valence-corrected chi connectivity index (χ3v) is 9.32. The fraction of sp³-hybridized carbons (Fsp3) is 0.200. The molecular formula is C40H39N3O6S. The lowest BCUT2D eigenvalue weighted by Gasteiger charge is -2.41. The van der Waals surface area contributed by atoms with Crippen LogP contribution in [0.25, 0.3) is 0 Å². The summed E-state index contributed by atoms with van der Waals surface area (Å²) in [5, 5.41) is 18.2. The Morgan fingerprint density at radius 2 is 1.38 bits per heavy atom. The van der Waals surface area contributed by atoms with Gasteiger partial charge in [-0.25, -0.2) is 4.79 Å². The van der Waals surface area contributed by atoms with Gasteiger partial charge in [-0.3, -0.25) is 4.79 Å². The zero-order valence-electron chi connectivity index (χ0n) is 27.7. The first-order valence-electron chi connectivity index (χ1n) is 16.3. The van der Waals surface area contributed by atoms with Gasteiger partial charge in [0.25, 0.3) is 0 Å². The van der Waals surface area contributed by atoms with Gasteiger partial charge in [0.2, 0.25) is 5.91 Å². The fourth-order valence-electron chi connectivity index (χ4n) is 5.61. The van der Waals surface area contributed by atoms with Gasteiger partial charge in [0.15, 0.2) is 6.29 Å². The fourth-order valence-corrected chi connectivity index (χ4v) is 6.68. The second kappa shape index (κ2) is 16.5. The van der Waals surface area contributed by atoms with E-state index in [0.29, 0.717) is 22.9 Å². The van der Waals surface area contributed by atoms with Gasteiger partial charge in [0, 0.05) is 46.1 Å². The van der Waals surface area contributed by atoms with Crippen molar-refractivity contribution in [2.45, 2.75) is 43.8 Å². The Hall–Kier alpha value is -5.13. The number of nitrogens with one attached hydrogen (secondary N) is 3. The molecule has 6 rings (SSSR count). The van der Waals surface area contributed by atoms with Crippen LogP contribution >= 0.6 is 11.8 Å². The molecule has 9 nitrogen and oxygen atoms in total. The van der Waals surface area contributed by atoms with Crippen LogP contribution in [0, 0.1) is 5.92 Å². The number of ether oxygens (including phenoxy) is 3. The van der Waals surface area contributed by atoms with E-state index in [0.717, 1.165) is 33.0 Å². The van der Waals surface area contributed by atoms with E-state index in [1.807, 2.05) is 103 Å². The molecule has 4 N–H and O–H groups in total.